The normalized spacial score (nSPS) is 24.4. The zero-order chi connectivity index (χ0) is 19.5. The van der Waals surface area contributed by atoms with Crippen LogP contribution in [0.4, 0.5) is 0 Å². The van der Waals surface area contributed by atoms with Gasteiger partial charge in [0.25, 0.3) is 0 Å². The van der Waals surface area contributed by atoms with Crippen molar-refractivity contribution in [2.75, 3.05) is 32.7 Å². The van der Waals surface area contributed by atoms with Crippen LogP contribution in [-0.2, 0) is 4.79 Å². The minimum Gasteiger partial charge on any atom is -0.340 e. The Balaban J connectivity index is 1.35. The highest BCUT2D eigenvalue weighted by Gasteiger charge is 2.36. The molecule has 1 saturated carbocycles. The lowest BCUT2D eigenvalue weighted by Gasteiger charge is -2.38. The maximum absolute atomic E-state index is 12.9. The van der Waals surface area contributed by atoms with Crippen molar-refractivity contribution in [3.8, 4) is 11.4 Å². The minimum atomic E-state index is 0.0329. The summed E-state index contributed by atoms with van der Waals surface area (Å²) in [5.74, 6) is 2.02. The van der Waals surface area contributed by atoms with Gasteiger partial charge in [0.05, 0.1) is 6.04 Å². The quantitative estimate of drug-likeness (QED) is 0.852. The Morgan fingerprint density at radius 2 is 1.96 bits per heavy atom. The zero-order valence-corrected chi connectivity index (χ0v) is 16.5. The SMILES string of the molecule is CC(c1nc(-c2ccccc2)no1)N1CCN(C(=O)[C@@H]2CCC[C@@H]2CN)CC1. The van der Waals surface area contributed by atoms with Gasteiger partial charge < -0.3 is 15.2 Å². The molecule has 2 heterocycles. The molecule has 0 bridgehead atoms. The van der Waals surface area contributed by atoms with E-state index in [-0.39, 0.29) is 12.0 Å². The van der Waals surface area contributed by atoms with E-state index in [0.717, 1.165) is 51.0 Å². The second-order valence-electron chi connectivity index (χ2n) is 7.89. The van der Waals surface area contributed by atoms with Gasteiger partial charge in [0.15, 0.2) is 0 Å². The molecule has 4 rings (SSSR count). The van der Waals surface area contributed by atoms with Crippen LogP contribution in [0.2, 0.25) is 0 Å². The van der Waals surface area contributed by atoms with Crippen molar-refractivity contribution >= 4 is 5.91 Å². The van der Waals surface area contributed by atoms with Gasteiger partial charge in [0.2, 0.25) is 17.6 Å². The highest BCUT2D eigenvalue weighted by molar-refractivity contribution is 5.79. The van der Waals surface area contributed by atoms with E-state index in [1.807, 2.05) is 35.2 Å². The van der Waals surface area contributed by atoms with Gasteiger partial charge in [0, 0.05) is 37.7 Å². The first-order valence-corrected chi connectivity index (χ1v) is 10.3. The molecule has 3 atom stereocenters. The van der Waals surface area contributed by atoms with Crippen molar-refractivity contribution in [2.24, 2.45) is 17.6 Å². The van der Waals surface area contributed by atoms with E-state index < -0.39 is 0 Å². The molecular weight excluding hydrogens is 354 g/mol. The fraction of sp³-hybridized carbons (Fsp3) is 0.571. The molecule has 1 amide bonds. The van der Waals surface area contributed by atoms with Gasteiger partial charge in [-0.3, -0.25) is 9.69 Å². The minimum absolute atomic E-state index is 0.0329. The van der Waals surface area contributed by atoms with Crippen molar-refractivity contribution in [3.63, 3.8) is 0 Å². The summed E-state index contributed by atoms with van der Waals surface area (Å²) in [6, 6.07) is 9.87. The molecular formula is C21H29N5O2. The van der Waals surface area contributed by atoms with E-state index in [0.29, 0.717) is 30.1 Å². The van der Waals surface area contributed by atoms with E-state index in [1.165, 1.54) is 0 Å². The van der Waals surface area contributed by atoms with Crippen LogP contribution in [0.5, 0.6) is 0 Å². The highest BCUT2D eigenvalue weighted by Crippen LogP contribution is 2.33. The van der Waals surface area contributed by atoms with Gasteiger partial charge in [-0.1, -0.05) is 41.9 Å². The smallest absolute Gasteiger partial charge is 0.244 e. The topological polar surface area (TPSA) is 88.5 Å². The molecule has 2 fully saturated rings. The van der Waals surface area contributed by atoms with Crippen molar-refractivity contribution < 1.29 is 9.32 Å². The Morgan fingerprint density at radius 3 is 2.68 bits per heavy atom. The summed E-state index contributed by atoms with van der Waals surface area (Å²) in [6.07, 6.45) is 3.20. The molecule has 2 aromatic rings. The molecule has 1 saturated heterocycles. The number of carbonyl (C=O) groups is 1. The number of hydrogen-bond donors (Lipinski definition) is 1. The van der Waals surface area contributed by atoms with Crippen LogP contribution in [0, 0.1) is 11.8 Å². The molecule has 7 nitrogen and oxygen atoms in total. The Labute approximate surface area is 165 Å². The predicted octanol–water partition coefficient (Wildman–Crippen LogP) is 2.32. The van der Waals surface area contributed by atoms with Gasteiger partial charge >= 0.3 is 0 Å². The lowest BCUT2D eigenvalue weighted by molar-refractivity contribution is -0.138. The molecule has 1 aliphatic carbocycles. The molecule has 0 radical (unpaired) electrons. The van der Waals surface area contributed by atoms with Crippen molar-refractivity contribution in [3.05, 3.63) is 36.2 Å². The summed E-state index contributed by atoms with van der Waals surface area (Å²) < 4.78 is 5.52. The molecule has 2 N–H and O–H groups in total. The number of aromatic nitrogens is 2. The molecule has 1 aliphatic heterocycles. The number of benzene rings is 1. The summed E-state index contributed by atoms with van der Waals surface area (Å²) in [5.41, 5.74) is 6.81. The van der Waals surface area contributed by atoms with Crippen LogP contribution >= 0.6 is 0 Å². The van der Waals surface area contributed by atoms with Gasteiger partial charge in [-0.15, -0.1) is 0 Å². The number of nitrogens with zero attached hydrogens (tertiary/aromatic N) is 4. The highest BCUT2D eigenvalue weighted by atomic mass is 16.5. The second-order valence-corrected chi connectivity index (χ2v) is 7.89. The van der Waals surface area contributed by atoms with Crippen molar-refractivity contribution in [1.82, 2.24) is 19.9 Å². The third kappa shape index (κ3) is 3.82. The maximum Gasteiger partial charge on any atom is 0.244 e. The molecule has 1 unspecified atom stereocenters. The van der Waals surface area contributed by atoms with Crippen molar-refractivity contribution in [2.45, 2.75) is 32.2 Å². The van der Waals surface area contributed by atoms with Gasteiger partial charge in [-0.25, -0.2) is 0 Å². The predicted molar refractivity (Wildman–Crippen MR) is 106 cm³/mol. The zero-order valence-electron chi connectivity index (χ0n) is 16.5. The van der Waals surface area contributed by atoms with Crippen LogP contribution in [0.3, 0.4) is 0 Å². The Bertz CT molecular complexity index is 785. The number of amides is 1. The van der Waals surface area contributed by atoms with E-state index in [9.17, 15) is 4.79 Å². The first kappa shape index (κ1) is 19.1. The van der Waals surface area contributed by atoms with Crippen LogP contribution in [-0.4, -0.2) is 58.6 Å². The average molecular weight is 383 g/mol. The van der Waals surface area contributed by atoms with E-state index >= 15 is 0 Å². The van der Waals surface area contributed by atoms with Crippen LogP contribution in [0.25, 0.3) is 11.4 Å². The van der Waals surface area contributed by atoms with Crippen LogP contribution in [0.15, 0.2) is 34.9 Å². The van der Waals surface area contributed by atoms with Crippen LogP contribution in [0.1, 0.15) is 38.1 Å². The Kier molecular flexibility index (Phi) is 5.73. The molecule has 0 spiro atoms. The van der Waals surface area contributed by atoms with Gasteiger partial charge in [-0.2, -0.15) is 4.98 Å². The first-order chi connectivity index (χ1) is 13.7. The standard InChI is InChI=1S/C21H29N5O2/c1-15(20-23-19(24-28-20)16-6-3-2-4-7-16)25-10-12-26(13-11-25)21(27)18-9-5-8-17(18)14-22/h2-4,6-7,15,17-18H,5,8-14,22H2,1H3/t15?,17-,18-/m1/s1. The lowest BCUT2D eigenvalue weighted by Crippen LogP contribution is -2.51. The Morgan fingerprint density at radius 1 is 1.21 bits per heavy atom. The first-order valence-electron chi connectivity index (χ1n) is 10.3. The second kappa shape index (κ2) is 8.41. The third-order valence-corrected chi connectivity index (χ3v) is 6.28. The molecule has 2 aliphatic rings. The summed E-state index contributed by atoms with van der Waals surface area (Å²) in [7, 11) is 0. The Hall–Kier alpha value is -2.25. The molecule has 150 valence electrons. The summed E-state index contributed by atoms with van der Waals surface area (Å²) in [6.45, 7) is 5.83. The average Bonchev–Trinajstić information content (AvgIpc) is 3.43. The number of rotatable bonds is 5. The van der Waals surface area contributed by atoms with Crippen molar-refractivity contribution in [1.29, 1.82) is 0 Å². The molecule has 7 heteroatoms. The summed E-state index contributed by atoms with van der Waals surface area (Å²) >= 11 is 0. The summed E-state index contributed by atoms with van der Waals surface area (Å²) in [5, 5.41) is 4.13. The summed E-state index contributed by atoms with van der Waals surface area (Å²) in [4.78, 5) is 21.8. The number of carbonyl (C=O) groups excluding carboxylic acids is 1. The monoisotopic (exact) mass is 383 g/mol. The number of nitrogens with two attached hydrogens (primary N) is 1. The molecule has 1 aromatic heterocycles. The fourth-order valence-corrected chi connectivity index (χ4v) is 4.47. The van der Waals surface area contributed by atoms with E-state index in [1.54, 1.807) is 0 Å². The molecule has 28 heavy (non-hydrogen) atoms. The van der Waals surface area contributed by atoms with E-state index in [4.69, 9.17) is 10.3 Å². The number of piperazine rings is 1. The lowest BCUT2D eigenvalue weighted by atomic mass is 9.94. The fourth-order valence-electron chi connectivity index (χ4n) is 4.47. The van der Waals surface area contributed by atoms with Gasteiger partial charge in [0.1, 0.15) is 0 Å². The maximum atomic E-state index is 12.9. The van der Waals surface area contributed by atoms with Crippen LogP contribution < -0.4 is 5.73 Å². The largest absolute Gasteiger partial charge is 0.340 e. The third-order valence-electron chi connectivity index (χ3n) is 6.28. The van der Waals surface area contributed by atoms with Gasteiger partial charge in [-0.05, 0) is 32.2 Å². The number of hydrogen-bond acceptors (Lipinski definition) is 6. The van der Waals surface area contributed by atoms with E-state index in [2.05, 4.69) is 22.0 Å². The molecule has 1 aromatic carbocycles.